The average Bonchev–Trinajstić information content (AvgIpc) is 3.38. The molecule has 7 heteroatoms. The Hall–Kier alpha value is -2.12. The molecule has 3 heterocycles. The molecule has 1 aromatic rings. The summed E-state index contributed by atoms with van der Waals surface area (Å²) in [6.45, 7) is 6.02. The number of nitrogens with zero attached hydrogens (tertiary/aromatic N) is 3. The van der Waals surface area contributed by atoms with Gasteiger partial charge in [-0.3, -0.25) is 14.6 Å². The lowest BCUT2D eigenvalue weighted by Gasteiger charge is -2.41. The largest absolute Gasteiger partial charge is 0.378 e. The van der Waals surface area contributed by atoms with E-state index >= 15 is 0 Å². The Morgan fingerprint density at radius 1 is 1.12 bits per heavy atom. The van der Waals surface area contributed by atoms with Crippen molar-refractivity contribution < 1.29 is 14.3 Å². The minimum Gasteiger partial charge on any atom is -0.378 e. The van der Waals surface area contributed by atoms with Crippen molar-refractivity contribution in [2.24, 2.45) is 5.92 Å². The van der Waals surface area contributed by atoms with Crippen LogP contribution in [-0.2, 0) is 16.1 Å². The van der Waals surface area contributed by atoms with Gasteiger partial charge in [0.15, 0.2) is 0 Å². The minimum atomic E-state index is -0.746. The van der Waals surface area contributed by atoms with Gasteiger partial charge >= 0.3 is 6.03 Å². The molecule has 0 saturated carbocycles. The SMILES string of the molecule is CCCC1(C2CCN(Cc3ccc(N(C)C)cc3)CC2)NC(=O)N(CC2CCCO2)C1=O. The Bertz CT molecular complexity index is 798. The van der Waals surface area contributed by atoms with E-state index in [9.17, 15) is 9.59 Å². The number of amides is 3. The van der Waals surface area contributed by atoms with E-state index in [0.717, 1.165) is 58.3 Å². The number of rotatable bonds is 8. The summed E-state index contributed by atoms with van der Waals surface area (Å²) in [6, 6.07) is 8.48. The maximum absolute atomic E-state index is 13.5. The van der Waals surface area contributed by atoms with Crippen molar-refractivity contribution in [2.45, 2.75) is 63.6 Å². The standard InChI is InChI=1S/C25H38N4O3/c1-4-13-25(23(30)29(24(31)26-25)18-22-6-5-16-32-22)20-11-14-28(15-12-20)17-19-7-9-21(10-8-19)27(2)3/h7-10,20,22H,4-6,11-18H2,1-3H3,(H,26,31). The lowest BCUT2D eigenvalue weighted by molar-refractivity contribution is -0.135. The molecule has 0 aliphatic carbocycles. The number of urea groups is 1. The van der Waals surface area contributed by atoms with Crippen molar-refractivity contribution in [3.05, 3.63) is 29.8 Å². The maximum Gasteiger partial charge on any atom is 0.325 e. The first kappa shape index (κ1) is 23.1. The molecule has 3 saturated heterocycles. The highest BCUT2D eigenvalue weighted by molar-refractivity contribution is 6.07. The molecule has 3 aliphatic rings. The molecule has 1 aromatic carbocycles. The number of benzene rings is 1. The first-order valence-electron chi connectivity index (χ1n) is 12.2. The summed E-state index contributed by atoms with van der Waals surface area (Å²) in [7, 11) is 4.11. The smallest absolute Gasteiger partial charge is 0.325 e. The number of ether oxygens (including phenoxy) is 1. The van der Waals surface area contributed by atoms with Crippen molar-refractivity contribution in [1.29, 1.82) is 0 Å². The Morgan fingerprint density at radius 2 is 1.84 bits per heavy atom. The quantitative estimate of drug-likeness (QED) is 0.626. The number of anilines is 1. The Morgan fingerprint density at radius 3 is 2.44 bits per heavy atom. The van der Waals surface area contributed by atoms with E-state index in [1.807, 2.05) is 0 Å². The third kappa shape index (κ3) is 4.64. The van der Waals surface area contributed by atoms with E-state index in [0.29, 0.717) is 13.0 Å². The van der Waals surface area contributed by atoms with E-state index in [1.165, 1.54) is 16.2 Å². The summed E-state index contributed by atoms with van der Waals surface area (Å²) >= 11 is 0. The van der Waals surface area contributed by atoms with E-state index in [2.05, 4.69) is 60.4 Å². The van der Waals surface area contributed by atoms with Crippen LogP contribution in [0.5, 0.6) is 0 Å². The van der Waals surface area contributed by atoms with Gasteiger partial charge in [-0.25, -0.2) is 4.79 Å². The molecular weight excluding hydrogens is 404 g/mol. The van der Waals surface area contributed by atoms with Crippen LogP contribution in [0.15, 0.2) is 24.3 Å². The summed E-state index contributed by atoms with van der Waals surface area (Å²) in [4.78, 5) is 32.4. The van der Waals surface area contributed by atoms with Gasteiger partial charge in [-0.05, 0) is 68.8 Å². The van der Waals surface area contributed by atoms with Gasteiger partial charge in [0, 0.05) is 32.9 Å². The van der Waals surface area contributed by atoms with Crippen LogP contribution < -0.4 is 10.2 Å². The molecular formula is C25H38N4O3. The fourth-order valence-electron chi connectivity index (χ4n) is 5.59. The van der Waals surface area contributed by atoms with Crippen LogP contribution in [-0.4, -0.2) is 73.7 Å². The van der Waals surface area contributed by atoms with Gasteiger partial charge in [-0.2, -0.15) is 0 Å². The van der Waals surface area contributed by atoms with Crippen molar-refractivity contribution in [2.75, 3.05) is 45.2 Å². The highest BCUT2D eigenvalue weighted by Crippen LogP contribution is 2.37. The van der Waals surface area contributed by atoms with Gasteiger partial charge in [0.05, 0.1) is 12.6 Å². The molecule has 0 spiro atoms. The summed E-state index contributed by atoms with van der Waals surface area (Å²) in [6.07, 6.45) is 5.35. The predicted octanol–water partition coefficient (Wildman–Crippen LogP) is 3.23. The van der Waals surface area contributed by atoms with Crippen molar-refractivity contribution in [3.63, 3.8) is 0 Å². The third-order valence-electron chi connectivity index (χ3n) is 7.40. The van der Waals surface area contributed by atoms with Crippen LogP contribution in [0.1, 0.15) is 51.0 Å². The van der Waals surface area contributed by atoms with Crippen LogP contribution in [0.4, 0.5) is 10.5 Å². The van der Waals surface area contributed by atoms with Gasteiger partial charge in [-0.1, -0.05) is 25.5 Å². The number of nitrogens with one attached hydrogen (secondary N) is 1. The molecule has 2 atom stereocenters. The van der Waals surface area contributed by atoms with Gasteiger partial charge in [0.1, 0.15) is 5.54 Å². The molecule has 32 heavy (non-hydrogen) atoms. The van der Waals surface area contributed by atoms with Crippen LogP contribution in [0.25, 0.3) is 0 Å². The van der Waals surface area contributed by atoms with Crippen LogP contribution >= 0.6 is 0 Å². The molecule has 176 valence electrons. The van der Waals surface area contributed by atoms with Gasteiger partial charge < -0.3 is 15.0 Å². The van der Waals surface area contributed by atoms with E-state index < -0.39 is 5.54 Å². The highest BCUT2D eigenvalue weighted by Gasteiger charge is 2.55. The normalized spacial score (nSPS) is 27.2. The molecule has 7 nitrogen and oxygen atoms in total. The van der Waals surface area contributed by atoms with Crippen molar-refractivity contribution in [1.82, 2.24) is 15.1 Å². The number of likely N-dealkylation sites (tertiary alicyclic amines) is 1. The average molecular weight is 443 g/mol. The fourth-order valence-corrected chi connectivity index (χ4v) is 5.59. The monoisotopic (exact) mass is 442 g/mol. The molecule has 0 aromatic heterocycles. The van der Waals surface area contributed by atoms with Crippen LogP contribution in [0.2, 0.25) is 0 Å². The van der Waals surface area contributed by atoms with E-state index in [4.69, 9.17) is 4.74 Å². The molecule has 3 amide bonds. The molecule has 3 fully saturated rings. The molecule has 0 radical (unpaired) electrons. The fraction of sp³-hybridized carbons (Fsp3) is 0.680. The topological polar surface area (TPSA) is 65.1 Å². The van der Waals surface area contributed by atoms with Gasteiger partial charge in [0.25, 0.3) is 5.91 Å². The van der Waals surface area contributed by atoms with Crippen molar-refractivity contribution >= 4 is 17.6 Å². The maximum atomic E-state index is 13.5. The summed E-state index contributed by atoms with van der Waals surface area (Å²) < 4.78 is 5.69. The molecule has 1 N–H and O–H groups in total. The highest BCUT2D eigenvalue weighted by atomic mass is 16.5. The number of hydrogen-bond acceptors (Lipinski definition) is 5. The number of carbonyl (C=O) groups is 2. The Balaban J connectivity index is 1.38. The number of carbonyl (C=O) groups excluding carboxylic acids is 2. The zero-order chi connectivity index (χ0) is 22.7. The second kappa shape index (κ2) is 9.79. The number of imide groups is 1. The predicted molar refractivity (Wildman–Crippen MR) is 126 cm³/mol. The Labute approximate surface area is 192 Å². The molecule has 2 unspecified atom stereocenters. The first-order valence-corrected chi connectivity index (χ1v) is 12.2. The summed E-state index contributed by atoms with van der Waals surface area (Å²) in [5.41, 5.74) is 1.77. The zero-order valence-corrected chi connectivity index (χ0v) is 19.8. The molecule has 3 aliphatic heterocycles. The lowest BCUT2D eigenvalue weighted by Crippen LogP contribution is -2.56. The summed E-state index contributed by atoms with van der Waals surface area (Å²) in [5.74, 6) is 0.151. The van der Waals surface area contributed by atoms with Crippen LogP contribution in [0, 0.1) is 5.92 Å². The zero-order valence-electron chi connectivity index (χ0n) is 19.8. The van der Waals surface area contributed by atoms with E-state index in [-0.39, 0.29) is 24.0 Å². The van der Waals surface area contributed by atoms with Gasteiger partial charge in [-0.15, -0.1) is 0 Å². The molecule has 4 rings (SSSR count). The minimum absolute atomic E-state index is 0.0112. The first-order chi connectivity index (χ1) is 15.4. The Kier molecular flexibility index (Phi) is 7.05. The number of piperidine rings is 1. The van der Waals surface area contributed by atoms with Crippen LogP contribution in [0.3, 0.4) is 0 Å². The molecule has 0 bridgehead atoms. The third-order valence-corrected chi connectivity index (χ3v) is 7.40. The van der Waals surface area contributed by atoms with E-state index in [1.54, 1.807) is 0 Å². The second-order valence-corrected chi connectivity index (χ2v) is 9.81. The summed E-state index contributed by atoms with van der Waals surface area (Å²) in [5, 5.41) is 3.15. The van der Waals surface area contributed by atoms with Crippen molar-refractivity contribution in [3.8, 4) is 0 Å². The number of hydrogen-bond donors (Lipinski definition) is 1. The van der Waals surface area contributed by atoms with Gasteiger partial charge in [0.2, 0.25) is 0 Å². The second-order valence-electron chi connectivity index (χ2n) is 9.81. The lowest BCUT2D eigenvalue weighted by atomic mass is 9.74.